The van der Waals surface area contributed by atoms with E-state index in [-0.39, 0.29) is 16.3 Å². The van der Waals surface area contributed by atoms with E-state index in [1.54, 1.807) is 12.1 Å². The molecule has 0 N–H and O–H groups in total. The van der Waals surface area contributed by atoms with Crippen molar-refractivity contribution < 1.29 is 14.3 Å². The van der Waals surface area contributed by atoms with Crippen molar-refractivity contribution in [3.05, 3.63) is 96.1 Å². The number of carbonyl (C=O) groups is 2. The van der Waals surface area contributed by atoms with Crippen LogP contribution in [0.25, 0.3) is 0 Å². The highest BCUT2D eigenvalue weighted by Crippen LogP contribution is 2.28. The highest BCUT2D eigenvalue weighted by Gasteiger charge is 2.31. The van der Waals surface area contributed by atoms with Crippen LogP contribution in [0.1, 0.15) is 28.8 Å². The van der Waals surface area contributed by atoms with Gasteiger partial charge in [0, 0.05) is 18.7 Å². The molecule has 0 aromatic heterocycles. The highest BCUT2D eigenvalue weighted by molar-refractivity contribution is 8.15. The Morgan fingerprint density at radius 3 is 2.23 bits per heavy atom. The quantitative estimate of drug-likeness (QED) is 0.528. The zero-order valence-corrected chi connectivity index (χ0v) is 17.4. The molecule has 0 spiro atoms. The van der Waals surface area contributed by atoms with Gasteiger partial charge < -0.3 is 9.64 Å². The second-order valence-corrected chi connectivity index (χ2v) is 8.40. The molecule has 1 heterocycles. The number of rotatable bonds is 6. The summed E-state index contributed by atoms with van der Waals surface area (Å²) >= 11 is 1.15. The SMILES string of the molecule is O=C(SC1CCCN(Cc2ccc(Oc3ccccc3)cc2)C1=O)c1ccccc1. The molecule has 0 radical (unpaired) electrons. The van der Waals surface area contributed by atoms with Crippen molar-refractivity contribution in [2.24, 2.45) is 0 Å². The van der Waals surface area contributed by atoms with Crippen LogP contribution in [0.3, 0.4) is 0 Å². The van der Waals surface area contributed by atoms with Crippen LogP contribution < -0.4 is 4.74 Å². The molecule has 4 nitrogen and oxygen atoms in total. The molecule has 3 aromatic carbocycles. The van der Waals surface area contributed by atoms with Crippen molar-refractivity contribution in [2.75, 3.05) is 6.54 Å². The fourth-order valence-corrected chi connectivity index (χ4v) is 4.52. The molecule has 0 bridgehead atoms. The van der Waals surface area contributed by atoms with E-state index >= 15 is 0 Å². The van der Waals surface area contributed by atoms with Crippen molar-refractivity contribution in [3.63, 3.8) is 0 Å². The van der Waals surface area contributed by atoms with E-state index in [4.69, 9.17) is 4.74 Å². The summed E-state index contributed by atoms with van der Waals surface area (Å²) in [6.07, 6.45) is 1.64. The number of piperidine rings is 1. The zero-order chi connectivity index (χ0) is 20.8. The predicted molar refractivity (Wildman–Crippen MR) is 120 cm³/mol. The Balaban J connectivity index is 1.36. The summed E-state index contributed by atoms with van der Waals surface area (Å²) in [7, 11) is 0. The average Bonchev–Trinajstić information content (AvgIpc) is 2.79. The van der Waals surface area contributed by atoms with E-state index in [0.29, 0.717) is 12.1 Å². The minimum atomic E-state index is -0.313. The Morgan fingerprint density at radius 2 is 1.53 bits per heavy atom. The van der Waals surface area contributed by atoms with Gasteiger partial charge in [-0.15, -0.1) is 0 Å². The number of nitrogens with zero attached hydrogens (tertiary/aromatic N) is 1. The summed E-state index contributed by atoms with van der Waals surface area (Å²) < 4.78 is 5.83. The van der Waals surface area contributed by atoms with Crippen LogP contribution in [0, 0.1) is 0 Å². The van der Waals surface area contributed by atoms with E-state index in [1.165, 1.54) is 0 Å². The van der Waals surface area contributed by atoms with Crippen LogP contribution in [0.5, 0.6) is 11.5 Å². The van der Waals surface area contributed by atoms with Crippen molar-refractivity contribution in [2.45, 2.75) is 24.6 Å². The zero-order valence-electron chi connectivity index (χ0n) is 16.6. The van der Waals surface area contributed by atoms with Crippen molar-refractivity contribution in [1.29, 1.82) is 0 Å². The number of likely N-dealkylation sites (tertiary alicyclic amines) is 1. The van der Waals surface area contributed by atoms with Gasteiger partial charge in [0.05, 0.1) is 5.25 Å². The van der Waals surface area contributed by atoms with E-state index in [2.05, 4.69) is 0 Å². The molecule has 1 amide bonds. The van der Waals surface area contributed by atoms with Gasteiger partial charge in [-0.25, -0.2) is 0 Å². The summed E-state index contributed by atoms with van der Waals surface area (Å²) in [5.74, 6) is 1.59. The number of amides is 1. The third kappa shape index (κ3) is 5.10. The Bertz CT molecular complexity index is 990. The van der Waals surface area contributed by atoms with E-state index in [9.17, 15) is 9.59 Å². The Kier molecular flexibility index (Phi) is 6.50. The fourth-order valence-electron chi connectivity index (χ4n) is 3.45. The second-order valence-electron chi connectivity index (χ2n) is 7.22. The third-order valence-electron chi connectivity index (χ3n) is 5.02. The maximum absolute atomic E-state index is 12.9. The molecule has 0 saturated carbocycles. The van der Waals surface area contributed by atoms with Gasteiger partial charge in [0.25, 0.3) is 0 Å². The lowest BCUT2D eigenvalue weighted by molar-refractivity contribution is -0.133. The Labute approximate surface area is 180 Å². The number of hydrogen-bond acceptors (Lipinski definition) is 4. The molecule has 1 unspecified atom stereocenters. The standard InChI is InChI=1S/C25H23NO3S/c27-24-23(30-25(28)20-8-3-1-4-9-20)12-7-17-26(24)18-19-13-15-22(16-14-19)29-21-10-5-2-6-11-21/h1-6,8-11,13-16,23H,7,12,17-18H2. The summed E-state index contributed by atoms with van der Waals surface area (Å²) in [5, 5.41) is -0.356. The fraction of sp³-hybridized carbons (Fsp3) is 0.200. The molecule has 1 aliphatic rings. The van der Waals surface area contributed by atoms with E-state index < -0.39 is 0 Å². The van der Waals surface area contributed by atoms with Crippen molar-refractivity contribution in [3.8, 4) is 11.5 Å². The third-order valence-corrected chi connectivity index (χ3v) is 6.19. The highest BCUT2D eigenvalue weighted by atomic mass is 32.2. The molecular formula is C25H23NO3S. The smallest absolute Gasteiger partial charge is 0.236 e. The molecule has 30 heavy (non-hydrogen) atoms. The largest absolute Gasteiger partial charge is 0.457 e. The molecule has 152 valence electrons. The van der Waals surface area contributed by atoms with Crippen LogP contribution in [-0.4, -0.2) is 27.7 Å². The minimum absolute atomic E-state index is 0.0418. The maximum atomic E-state index is 12.9. The molecule has 1 aliphatic heterocycles. The van der Waals surface area contributed by atoms with Crippen LogP contribution in [0.4, 0.5) is 0 Å². The molecular weight excluding hydrogens is 394 g/mol. The number of thioether (sulfide) groups is 1. The first-order chi connectivity index (χ1) is 14.7. The molecule has 1 saturated heterocycles. The van der Waals surface area contributed by atoms with E-state index in [0.717, 1.165) is 48.2 Å². The van der Waals surface area contributed by atoms with Gasteiger partial charge in [0.15, 0.2) is 0 Å². The number of ether oxygens (including phenoxy) is 1. The van der Waals surface area contributed by atoms with Gasteiger partial charge in [0.1, 0.15) is 11.5 Å². The normalized spacial score (nSPS) is 16.3. The molecule has 1 atom stereocenters. The van der Waals surface area contributed by atoms with E-state index in [1.807, 2.05) is 77.7 Å². The first kappa shape index (κ1) is 20.2. The maximum Gasteiger partial charge on any atom is 0.236 e. The van der Waals surface area contributed by atoms with Gasteiger partial charge in [-0.2, -0.15) is 0 Å². The lowest BCUT2D eigenvalue weighted by atomic mass is 10.1. The molecule has 4 rings (SSSR count). The number of carbonyl (C=O) groups excluding carboxylic acids is 2. The Morgan fingerprint density at radius 1 is 0.900 bits per heavy atom. The summed E-state index contributed by atoms with van der Waals surface area (Å²) in [6.45, 7) is 1.26. The minimum Gasteiger partial charge on any atom is -0.457 e. The summed E-state index contributed by atoms with van der Waals surface area (Å²) in [6, 6.07) is 26.6. The Hall–Kier alpha value is -3.05. The summed E-state index contributed by atoms with van der Waals surface area (Å²) in [4.78, 5) is 27.3. The second kappa shape index (κ2) is 9.63. The van der Waals surface area contributed by atoms with Gasteiger partial charge in [-0.3, -0.25) is 9.59 Å². The molecule has 1 fully saturated rings. The number of hydrogen-bond donors (Lipinski definition) is 0. The lowest BCUT2D eigenvalue weighted by Crippen LogP contribution is -2.42. The van der Waals surface area contributed by atoms with Crippen LogP contribution in [-0.2, 0) is 11.3 Å². The predicted octanol–water partition coefficient (Wildman–Crippen LogP) is 5.54. The number of benzene rings is 3. The molecule has 5 heteroatoms. The monoisotopic (exact) mass is 417 g/mol. The van der Waals surface area contributed by atoms with Crippen molar-refractivity contribution in [1.82, 2.24) is 4.90 Å². The van der Waals surface area contributed by atoms with Crippen LogP contribution in [0.15, 0.2) is 84.9 Å². The van der Waals surface area contributed by atoms with Crippen molar-refractivity contribution >= 4 is 22.8 Å². The average molecular weight is 418 g/mol. The first-order valence-corrected chi connectivity index (χ1v) is 10.9. The van der Waals surface area contributed by atoms with Gasteiger partial charge in [-0.1, -0.05) is 72.4 Å². The lowest BCUT2D eigenvalue weighted by Gasteiger charge is -2.31. The van der Waals surface area contributed by atoms with Gasteiger partial charge >= 0.3 is 0 Å². The van der Waals surface area contributed by atoms with Crippen LogP contribution >= 0.6 is 11.8 Å². The molecule has 3 aromatic rings. The van der Waals surface area contributed by atoms with Gasteiger partial charge in [-0.05, 0) is 42.7 Å². The molecule has 0 aliphatic carbocycles. The number of para-hydroxylation sites is 1. The first-order valence-electron chi connectivity index (χ1n) is 10.1. The van der Waals surface area contributed by atoms with Crippen LogP contribution in [0.2, 0.25) is 0 Å². The summed E-state index contributed by atoms with van der Waals surface area (Å²) in [5.41, 5.74) is 1.69. The van der Waals surface area contributed by atoms with Gasteiger partial charge in [0.2, 0.25) is 11.0 Å². The topological polar surface area (TPSA) is 46.6 Å².